The maximum Gasteiger partial charge on any atom is 0.248 e. The van der Waals surface area contributed by atoms with Crippen molar-refractivity contribution in [3.8, 4) is 5.75 Å². The summed E-state index contributed by atoms with van der Waals surface area (Å²) in [5, 5.41) is 2.91. The van der Waals surface area contributed by atoms with Crippen molar-refractivity contribution >= 4 is 23.4 Å². The number of ether oxygens (including phenoxy) is 2. The molecule has 1 aliphatic rings. The van der Waals surface area contributed by atoms with Crippen LogP contribution in [0.2, 0.25) is 0 Å². The molecular weight excluding hydrogens is 328 g/mol. The standard InChI is InChI=1S/C21H24N2O3/c1-2-26-20-9-6-17(7-10-20)8-11-21(24)22-18-4-3-5-19(16-18)23-12-14-25-15-13-23/h3-11,16H,2,12-15H2,1H3,(H,22,24). The van der Waals surface area contributed by atoms with E-state index in [1.807, 2.05) is 49.4 Å². The molecule has 0 unspecified atom stereocenters. The molecule has 0 bridgehead atoms. The van der Waals surface area contributed by atoms with E-state index in [1.54, 1.807) is 6.08 Å². The highest BCUT2D eigenvalue weighted by Gasteiger charge is 2.11. The maximum atomic E-state index is 12.2. The monoisotopic (exact) mass is 352 g/mol. The molecule has 0 aliphatic carbocycles. The van der Waals surface area contributed by atoms with Crippen molar-refractivity contribution in [3.63, 3.8) is 0 Å². The fourth-order valence-electron chi connectivity index (χ4n) is 2.80. The van der Waals surface area contributed by atoms with Gasteiger partial charge in [0.1, 0.15) is 5.75 Å². The maximum absolute atomic E-state index is 12.2. The Labute approximate surface area is 154 Å². The lowest BCUT2D eigenvalue weighted by Crippen LogP contribution is -2.36. The number of nitrogens with zero attached hydrogens (tertiary/aromatic N) is 1. The van der Waals surface area contributed by atoms with Gasteiger partial charge in [-0.1, -0.05) is 18.2 Å². The third kappa shape index (κ3) is 5.10. The van der Waals surface area contributed by atoms with Crippen LogP contribution in [-0.2, 0) is 9.53 Å². The normalized spacial score (nSPS) is 14.4. The Morgan fingerprint density at radius 3 is 2.69 bits per heavy atom. The number of amides is 1. The zero-order chi connectivity index (χ0) is 18.2. The van der Waals surface area contributed by atoms with Crippen molar-refractivity contribution in [2.75, 3.05) is 43.1 Å². The van der Waals surface area contributed by atoms with Gasteiger partial charge in [-0.25, -0.2) is 0 Å². The van der Waals surface area contributed by atoms with Crippen LogP contribution in [0.3, 0.4) is 0 Å². The Hall–Kier alpha value is -2.79. The molecule has 0 atom stereocenters. The summed E-state index contributed by atoms with van der Waals surface area (Å²) in [6.07, 6.45) is 3.33. The van der Waals surface area contributed by atoms with Crippen LogP contribution in [-0.4, -0.2) is 38.8 Å². The van der Waals surface area contributed by atoms with Gasteiger partial charge in [0, 0.05) is 30.5 Å². The molecular formula is C21H24N2O3. The summed E-state index contributed by atoms with van der Waals surface area (Å²) in [5.41, 5.74) is 2.84. The number of anilines is 2. The Morgan fingerprint density at radius 1 is 1.19 bits per heavy atom. The summed E-state index contributed by atoms with van der Waals surface area (Å²) in [4.78, 5) is 14.4. The molecule has 3 rings (SSSR count). The molecule has 1 amide bonds. The Kier molecular flexibility index (Phi) is 6.28. The minimum absolute atomic E-state index is 0.155. The smallest absolute Gasteiger partial charge is 0.248 e. The van der Waals surface area contributed by atoms with E-state index in [-0.39, 0.29) is 5.91 Å². The summed E-state index contributed by atoms with van der Waals surface area (Å²) in [7, 11) is 0. The van der Waals surface area contributed by atoms with Gasteiger partial charge in [-0.15, -0.1) is 0 Å². The molecule has 1 N–H and O–H groups in total. The zero-order valence-electron chi connectivity index (χ0n) is 15.0. The first kappa shape index (κ1) is 18.0. The van der Waals surface area contributed by atoms with E-state index in [0.29, 0.717) is 6.61 Å². The van der Waals surface area contributed by atoms with Gasteiger partial charge < -0.3 is 19.7 Å². The quantitative estimate of drug-likeness (QED) is 0.808. The van der Waals surface area contributed by atoms with Gasteiger partial charge >= 0.3 is 0 Å². The SMILES string of the molecule is CCOc1ccc(C=CC(=O)Nc2cccc(N3CCOCC3)c2)cc1. The lowest BCUT2D eigenvalue weighted by atomic mass is 10.2. The highest BCUT2D eigenvalue weighted by Crippen LogP contribution is 2.20. The molecule has 0 aromatic heterocycles. The molecule has 26 heavy (non-hydrogen) atoms. The minimum Gasteiger partial charge on any atom is -0.494 e. The predicted octanol–water partition coefficient (Wildman–Crippen LogP) is 3.57. The summed E-state index contributed by atoms with van der Waals surface area (Å²) in [5.74, 6) is 0.673. The van der Waals surface area contributed by atoms with Crippen molar-refractivity contribution in [1.29, 1.82) is 0 Å². The molecule has 0 saturated carbocycles. The van der Waals surface area contributed by atoms with Gasteiger partial charge in [-0.3, -0.25) is 4.79 Å². The van der Waals surface area contributed by atoms with Gasteiger partial charge in [0.15, 0.2) is 0 Å². The average Bonchev–Trinajstić information content (AvgIpc) is 2.69. The third-order valence-electron chi connectivity index (χ3n) is 4.11. The van der Waals surface area contributed by atoms with Crippen molar-refractivity contribution in [1.82, 2.24) is 0 Å². The molecule has 0 spiro atoms. The van der Waals surface area contributed by atoms with Crippen LogP contribution in [0, 0.1) is 0 Å². The summed E-state index contributed by atoms with van der Waals surface area (Å²) < 4.78 is 10.8. The van der Waals surface area contributed by atoms with Crippen molar-refractivity contribution in [2.24, 2.45) is 0 Å². The van der Waals surface area contributed by atoms with Crippen LogP contribution in [0.1, 0.15) is 12.5 Å². The van der Waals surface area contributed by atoms with Crippen LogP contribution < -0.4 is 15.0 Å². The molecule has 1 heterocycles. The molecule has 1 saturated heterocycles. The summed E-state index contributed by atoms with van der Waals surface area (Å²) >= 11 is 0. The average molecular weight is 352 g/mol. The van der Waals surface area contributed by atoms with Crippen LogP contribution in [0.25, 0.3) is 6.08 Å². The van der Waals surface area contributed by atoms with Crippen molar-refractivity contribution < 1.29 is 14.3 Å². The Balaban J connectivity index is 1.58. The third-order valence-corrected chi connectivity index (χ3v) is 4.11. The first-order valence-electron chi connectivity index (χ1n) is 8.89. The minimum atomic E-state index is -0.155. The number of hydrogen-bond donors (Lipinski definition) is 1. The van der Waals surface area contributed by atoms with Crippen molar-refractivity contribution in [2.45, 2.75) is 6.92 Å². The van der Waals surface area contributed by atoms with Crippen LogP contribution in [0.15, 0.2) is 54.6 Å². The van der Waals surface area contributed by atoms with E-state index in [1.165, 1.54) is 6.08 Å². The number of carbonyl (C=O) groups is 1. The van der Waals surface area contributed by atoms with Crippen LogP contribution >= 0.6 is 0 Å². The Morgan fingerprint density at radius 2 is 1.96 bits per heavy atom. The zero-order valence-corrected chi connectivity index (χ0v) is 15.0. The molecule has 0 radical (unpaired) electrons. The largest absolute Gasteiger partial charge is 0.494 e. The van der Waals surface area contributed by atoms with E-state index in [2.05, 4.69) is 16.3 Å². The summed E-state index contributed by atoms with van der Waals surface area (Å²) in [6, 6.07) is 15.5. The van der Waals surface area contributed by atoms with Gasteiger partial charge in [0.25, 0.3) is 0 Å². The predicted molar refractivity (Wildman–Crippen MR) is 105 cm³/mol. The van der Waals surface area contributed by atoms with Crippen LogP contribution in [0.5, 0.6) is 5.75 Å². The van der Waals surface area contributed by atoms with Gasteiger partial charge in [0.2, 0.25) is 5.91 Å². The number of nitrogens with one attached hydrogen (secondary N) is 1. The van der Waals surface area contributed by atoms with E-state index in [4.69, 9.17) is 9.47 Å². The summed E-state index contributed by atoms with van der Waals surface area (Å²) in [6.45, 7) is 5.81. The highest BCUT2D eigenvalue weighted by molar-refractivity contribution is 6.02. The van der Waals surface area contributed by atoms with Crippen molar-refractivity contribution in [3.05, 3.63) is 60.2 Å². The fraction of sp³-hybridized carbons (Fsp3) is 0.286. The van der Waals surface area contributed by atoms with E-state index >= 15 is 0 Å². The first-order valence-corrected chi connectivity index (χ1v) is 8.89. The van der Waals surface area contributed by atoms with Crippen LogP contribution in [0.4, 0.5) is 11.4 Å². The second kappa shape index (κ2) is 9.06. The number of hydrogen-bond acceptors (Lipinski definition) is 4. The molecule has 2 aromatic rings. The highest BCUT2D eigenvalue weighted by atomic mass is 16.5. The van der Waals surface area contributed by atoms with Gasteiger partial charge in [0.05, 0.1) is 19.8 Å². The van der Waals surface area contributed by atoms with E-state index < -0.39 is 0 Å². The second-order valence-corrected chi connectivity index (χ2v) is 5.97. The first-order chi connectivity index (χ1) is 12.7. The molecule has 1 aliphatic heterocycles. The molecule has 1 fully saturated rings. The number of morpholine rings is 1. The number of benzene rings is 2. The number of carbonyl (C=O) groups excluding carboxylic acids is 1. The Bertz CT molecular complexity index is 750. The molecule has 5 heteroatoms. The molecule has 2 aromatic carbocycles. The molecule has 5 nitrogen and oxygen atoms in total. The van der Waals surface area contributed by atoms with E-state index in [9.17, 15) is 4.79 Å². The lowest BCUT2D eigenvalue weighted by Gasteiger charge is -2.29. The second-order valence-electron chi connectivity index (χ2n) is 5.97. The van der Waals surface area contributed by atoms with Gasteiger partial charge in [-0.2, -0.15) is 0 Å². The topological polar surface area (TPSA) is 50.8 Å². The van der Waals surface area contributed by atoms with E-state index in [0.717, 1.165) is 49.0 Å². The van der Waals surface area contributed by atoms with Gasteiger partial charge in [-0.05, 0) is 48.9 Å². The fourth-order valence-corrected chi connectivity index (χ4v) is 2.80. The molecule has 136 valence electrons. The number of rotatable bonds is 6. The lowest BCUT2D eigenvalue weighted by molar-refractivity contribution is -0.111.